The van der Waals surface area contributed by atoms with Crippen molar-refractivity contribution in [3.8, 4) is 11.5 Å². The average molecular weight is 497 g/mol. The van der Waals surface area contributed by atoms with E-state index in [1.54, 1.807) is 6.07 Å². The number of hydrogen-bond acceptors (Lipinski definition) is 8. The first-order valence-corrected chi connectivity index (χ1v) is 11.6. The minimum Gasteiger partial charge on any atom is -0.455 e. The van der Waals surface area contributed by atoms with Crippen LogP contribution in [0, 0.1) is 10.1 Å². The molecule has 0 bridgehead atoms. The number of benzene rings is 2. The first-order chi connectivity index (χ1) is 16.9. The number of halogens is 1. The van der Waals surface area contributed by atoms with Gasteiger partial charge in [0.1, 0.15) is 17.2 Å². The van der Waals surface area contributed by atoms with Crippen molar-refractivity contribution >= 4 is 29.3 Å². The molecule has 3 unspecified atom stereocenters. The molecule has 3 aliphatic heterocycles. The summed E-state index contributed by atoms with van der Waals surface area (Å²) in [5.74, 6) is 0.429. The number of aliphatic hydroxyl groups is 1. The van der Waals surface area contributed by atoms with Crippen molar-refractivity contribution < 1.29 is 29.0 Å². The summed E-state index contributed by atoms with van der Waals surface area (Å²) in [6.07, 6.45) is 3.53. The molecule has 0 saturated carbocycles. The standard InChI is InChI=1S/C25H21ClN2O7/c26-17-3-1-13(7-18(17)28(31)32)2-4-22(30)35-25-19(29)8-14-5-6-27-11-15-9-20-21(34-12-33-20)10-16(15)23(25)24(14)27/h1-4,7-10,19,23-25,29H,5-6,11-12H2/b4-2+/t19?,23?,24?,25-/m1/s1. The van der Waals surface area contributed by atoms with E-state index < -0.39 is 23.1 Å². The summed E-state index contributed by atoms with van der Waals surface area (Å²) in [5, 5.41) is 22.1. The Labute approximate surface area is 205 Å². The number of carbonyl (C=O) groups is 1. The Morgan fingerprint density at radius 2 is 2.06 bits per heavy atom. The predicted molar refractivity (Wildman–Crippen MR) is 125 cm³/mol. The number of ether oxygens (including phenoxy) is 3. The van der Waals surface area contributed by atoms with Crippen molar-refractivity contribution in [2.24, 2.45) is 0 Å². The van der Waals surface area contributed by atoms with Gasteiger partial charge < -0.3 is 19.3 Å². The molecule has 35 heavy (non-hydrogen) atoms. The molecule has 0 radical (unpaired) electrons. The molecule has 9 nitrogen and oxygen atoms in total. The van der Waals surface area contributed by atoms with Gasteiger partial charge in [-0.25, -0.2) is 4.79 Å². The molecule has 4 aliphatic rings. The normalized spacial score (nSPS) is 26.3. The van der Waals surface area contributed by atoms with Crippen LogP contribution in [0.3, 0.4) is 0 Å². The number of aliphatic hydroxyl groups excluding tert-OH is 1. The summed E-state index contributed by atoms with van der Waals surface area (Å²) < 4.78 is 17.0. The van der Waals surface area contributed by atoms with Gasteiger partial charge in [-0.05, 0) is 47.4 Å². The Morgan fingerprint density at radius 1 is 1.26 bits per heavy atom. The van der Waals surface area contributed by atoms with E-state index in [4.69, 9.17) is 25.8 Å². The number of rotatable bonds is 4. The van der Waals surface area contributed by atoms with Crippen molar-refractivity contribution in [2.45, 2.75) is 37.1 Å². The summed E-state index contributed by atoms with van der Waals surface area (Å²) in [7, 11) is 0. The first-order valence-electron chi connectivity index (χ1n) is 11.3. The Kier molecular flexibility index (Phi) is 5.28. The molecule has 0 amide bonds. The summed E-state index contributed by atoms with van der Waals surface area (Å²) >= 11 is 5.86. The first kappa shape index (κ1) is 22.1. The molecule has 2 aromatic carbocycles. The highest BCUT2D eigenvalue weighted by molar-refractivity contribution is 6.32. The average Bonchev–Trinajstić information content (AvgIpc) is 3.45. The minimum atomic E-state index is -0.962. The maximum atomic E-state index is 12.8. The summed E-state index contributed by atoms with van der Waals surface area (Å²) in [6, 6.07) is 8.21. The van der Waals surface area contributed by atoms with Gasteiger partial charge in [-0.15, -0.1) is 0 Å². The van der Waals surface area contributed by atoms with E-state index in [0.717, 1.165) is 36.2 Å². The fourth-order valence-electron chi connectivity index (χ4n) is 5.58. The van der Waals surface area contributed by atoms with Crippen LogP contribution in [0.4, 0.5) is 5.69 Å². The van der Waals surface area contributed by atoms with Gasteiger partial charge in [0.2, 0.25) is 6.79 Å². The zero-order valence-electron chi connectivity index (χ0n) is 18.4. The summed E-state index contributed by atoms with van der Waals surface area (Å²) in [5.41, 5.74) is 3.39. The molecule has 2 aromatic rings. The molecule has 1 saturated heterocycles. The largest absolute Gasteiger partial charge is 0.455 e. The van der Waals surface area contributed by atoms with Gasteiger partial charge in [0.15, 0.2) is 11.5 Å². The summed E-state index contributed by atoms with van der Waals surface area (Å²) in [6.45, 7) is 1.77. The number of carbonyl (C=O) groups excluding carboxylic acids is 1. The smallest absolute Gasteiger partial charge is 0.331 e. The zero-order valence-corrected chi connectivity index (χ0v) is 19.2. The molecular weight excluding hydrogens is 476 g/mol. The third-order valence-corrected chi connectivity index (χ3v) is 7.39. The van der Waals surface area contributed by atoms with E-state index in [2.05, 4.69) is 4.90 Å². The second-order valence-electron chi connectivity index (χ2n) is 9.03. The van der Waals surface area contributed by atoms with Gasteiger partial charge in [0.05, 0.1) is 4.92 Å². The van der Waals surface area contributed by atoms with Crippen molar-refractivity contribution in [2.75, 3.05) is 13.3 Å². The number of fused-ring (bicyclic) bond motifs is 3. The Bertz CT molecular complexity index is 1310. The molecule has 4 atom stereocenters. The highest BCUT2D eigenvalue weighted by atomic mass is 35.5. The molecule has 1 fully saturated rings. The molecule has 0 spiro atoms. The number of nitro groups is 1. The minimum absolute atomic E-state index is 0.0144. The molecule has 1 aliphatic carbocycles. The van der Waals surface area contributed by atoms with E-state index in [1.165, 1.54) is 24.3 Å². The lowest BCUT2D eigenvalue weighted by Crippen LogP contribution is -2.51. The quantitative estimate of drug-likeness (QED) is 0.225. The Morgan fingerprint density at radius 3 is 2.86 bits per heavy atom. The fourth-order valence-corrected chi connectivity index (χ4v) is 5.77. The van der Waals surface area contributed by atoms with Crippen LogP contribution in [0.15, 0.2) is 48.1 Å². The topological polar surface area (TPSA) is 111 Å². The number of hydrogen-bond donors (Lipinski definition) is 1. The van der Waals surface area contributed by atoms with Gasteiger partial charge in [-0.1, -0.05) is 29.3 Å². The third-order valence-electron chi connectivity index (χ3n) is 7.07. The van der Waals surface area contributed by atoms with Crippen LogP contribution >= 0.6 is 11.6 Å². The molecule has 0 aromatic heterocycles. The summed E-state index contributed by atoms with van der Waals surface area (Å²) in [4.78, 5) is 25.7. The van der Waals surface area contributed by atoms with E-state index in [1.807, 2.05) is 18.2 Å². The van der Waals surface area contributed by atoms with Crippen molar-refractivity contribution in [3.05, 3.63) is 79.9 Å². The predicted octanol–water partition coefficient (Wildman–Crippen LogP) is 3.57. The lowest BCUT2D eigenvalue weighted by molar-refractivity contribution is -0.384. The highest BCUT2D eigenvalue weighted by Gasteiger charge is 2.50. The van der Waals surface area contributed by atoms with Crippen LogP contribution in [0.5, 0.6) is 11.5 Å². The van der Waals surface area contributed by atoms with Crippen molar-refractivity contribution in [3.63, 3.8) is 0 Å². The molecular formula is C25H21ClN2O7. The van der Waals surface area contributed by atoms with Crippen LogP contribution < -0.4 is 9.47 Å². The zero-order chi connectivity index (χ0) is 24.3. The van der Waals surface area contributed by atoms with Crippen LogP contribution in [-0.2, 0) is 16.1 Å². The second kappa shape index (κ2) is 8.37. The molecule has 1 N–H and O–H groups in total. The third kappa shape index (κ3) is 3.76. The monoisotopic (exact) mass is 496 g/mol. The lowest BCUT2D eigenvalue weighted by atomic mass is 9.73. The fraction of sp³-hybridized carbons (Fsp3) is 0.320. The SMILES string of the molecule is O=C(/C=C/c1ccc(Cl)c([N+](=O)[O-])c1)O[C@@H]1C(O)C=C2CCN3Cc4cc5c(cc4C1C23)OCO5. The molecule has 3 heterocycles. The molecule has 10 heteroatoms. The Balaban J connectivity index is 1.30. The molecule has 6 rings (SSSR count). The maximum absolute atomic E-state index is 12.8. The highest BCUT2D eigenvalue weighted by Crippen LogP contribution is 2.50. The molecule has 180 valence electrons. The number of nitrogens with zero attached hydrogens (tertiary/aromatic N) is 2. The van der Waals surface area contributed by atoms with Crippen LogP contribution in [-0.4, -0.2) is 52.5 Å². The van der Waals surface area contributed by atoms with Gasteiger partial charge in [0, 0.05) is 37.2 Å². The maximum Gasteiger partial charge on any atom is 0.331 e. The second-order valence-corrected chi connectivity index (χ2v) is 9.44. The lowest BCUT2D eigenvalue weighted by Gasteiger charge is -2.45. The van der Waals surface area contributed by atoms with Gasteiger partial charge >= 0.3 is 5.97 Å². The number of nitro benzene ring substituents is 1. The van der Waals surface area contributed by atoms with Crippen LogP contribution in [0.2, 0.25) is 5.02 Å². The van der Waals surface area contributed by atoms with Gasteiger partial charge in [-0.3, -0.25) is 15.0 Å². The van der Waals surface area contributed by atoms with Crippen LogP contribution in [0.25, 0.3) is 6.08 Å². The van der Waals surface area contributed by atoms with E-state index in [9.17, 15) is 20.0 Å². The Hall–Kier alpha value is -3.40. The van der Waals surface area contributed by atoms with E-state index >= 15 is 0 Å². The van der Waals surface area contributed by atoms with Crippen LogP contribution in [0.1, 0.15) is 29.0 Å². The van der Waals surface area contributed by atoms with E-state index in [-0.39, 0.29) is 29.5 Å². The van der Waals surface area contributed by atoms with Crippen molar-refractivity contribution in [1.29, 1.82) is 0 Å². The van der Waals surface area contributed by atoms with Gasteiger partial charge in [0.25, 0.3) is 5.69 Å². The van der Waals surface area contributed by atoms with Crippen molar-refractivity contribution in [1.82, 2.24) is 4.90 Å². The number of esters is 1. The van der Waals surface area contributed by atoms with E-state index in [0.29, 0.717) is 17.1 Å². The van der Waals surface area contributed by atoms with Gasteiger partial charge in [-0.2, -0.15) is 0 Å².